The molecule has 0 saturated carbocycles. The van der Waals surface area contributed by atoms with Gasteiger partial charge in [0.05, 0.1) is 12.0 Å². The lowest BCUT2D eigenvalue weighted by Gasteiger charge is -2.39. The molecular formula is C18H29N5O2. The number of nitrogens with zero attached hydrogens (tertiary/aromatic N) is 5. The highest BCUT2D eigenvalue weighted by molar-refractivity contribution is 5.80. The van der Waals surface area contributed by atoms with E-state index in [9.17, 15) is 4.79 Å². The number of amides is 1. The summed E-state index contributed by atoms with van der Waals surface area (Å²) in [5, 5.41) is 0. The average molecular weight is 347 g/mol. The van der Waals surface area contributed by atoms with Gasteiger partial charge in [0, 0.05) is 53.1 Å². The molecule has 0 N–H and O–H groups in total. The molecule has 0 aliphatic carbocycles. The molecule has 1 aromatic rings. The van der Waals surface area contributed by atoms with Crippen LogP contribution < -0.4 is 9.80 Å². The van der Waals surface area contributed by atoms with Gasteiger partial charge in [-0.05, 0) is 25.3 Å². The summed E-state index contributed by atoms with van der Waals surface area (Å²) in [5.74, 6) is 1.94. The van der Waals surface area contributed by atoms with E-state index in [0.717, 1.165) is 57.9 Å². The van der Waals surface area contributed by atoms with Gasteiger partial charge in [-0.25, -0.2) is 4.98 Å². The molecule has 138 valence electrons. The maximum Gasteiger partial charge on any atom is 0.228 e. The Morgan fingerprint density at radius 3 is 2.76 bits per heavy atom. The standard InChI is InChI=1S/C18H29N5O2/c1-4-15-14(6-5-13-25-15)17(24)23-11-9-22(10-12-23)16-7-8-19-18(20-16)21(2)3/h7-8,14-15H,4-6,9-13H2,1-3H3/t14-,15+/m1/s1. The van der Waals surface area contributed by atoms with Crippen LogP contribution in [0.25, 0.3) is 0 Å². The molecule has 0 aromatic carbocycles. The van der Waals surface area contributed by atoms with Crippen molar-refractivity contribution in [2.45, 2.75) is 32.3 Å². The van der Waals surface area contributed by atoms with Crippen LogP contribution in [0.4, 0.5) is 11.8 Å². The zero-order valence-corrected chi connectivity index (χ0v) is 15.5. The fourth-order valence-corrected chi connectivity index (χ4v) is 3.65. The Bertz CT molecular complexity index is 587. The molecular weight excluding hydrogens is 318 g/mol. The molecule has 2 aliphatic rings. The molecule has 1 amide bonds. The fourth-order valence-electron chi connectivity index (χ4n) is 3.65. The molecule has 2 atom stereocenters. The van der Waals surface area contributed by atoms with E-state index in [0.29, 0.717) is 5.95 Å². The van der Waals surface area contributed by atoms with Crippen LogP contribution in [0.3, 0.4) is 0 Å². The predicted molar refractivity (Wildman–Crippen MR) is 97.9 cm³/mol. The van der Waals surface area contributed by atoms with Gasteiger partial charge in [-0.3, -0.25) is 4.79 Å². The van der Waals surface area contributed by atoms with E-state index in [2.05, 4.69) is 21.8 Å². The van der Waals surface area contributed by atoms with Crippen LogP contribution in [0.15, 0.2) is 12.3 Å². The van der Waals surface area contributed by atoms with Crippen LogP contribution in [0.2, 0.25) is 0 Å². The fraction of sp³-hybridized carbons (Fsp3) is 0.722. The van der Waals surface area contributed by atoms with Gasteiger partial charge in [0.1, 0.15) is 5.82 Å². The molecule has 7 nitrogen and oxygen atoms in total. The van der Waals surface area contributed by atoms with Crippen molar-refractivity contribution in [2.24, 2.45) is 5.92 Å². The molecule has 0 spiro atoms. The lowest BCUT2D eigenvalue weighted by molar-refractivity contribution is -0.145. The Morgan fingerprint density at radius 1 is 1.32 bits per heavy atom. The summed E-state index contributed by atoms with van der Waals surface area (Å²) in [6, 6.07) is 1.94. The molecule has 25 heavy (non-hydrogen) atoms. The summed E-state index contributed by atoms with van der Waals surface area (Å²) in [7, 11) is 3.87. The van der Waals surface area contributed by atoms with E-state index in [1.54, 1.807) is 6.20 Å². The molecule has 2 aliphatic heterocycles. The summed E-state index contributed by atoms with van der Waals surface area (Å²) < 4.78 is 5.80. The molecule has 2 fully saturated rings. The van der Waals surface area contributed by atoms with Gasteiger partial charge in [0.2, 0.25) is 11.9 Å². The summed E-state index contributed by atoms with van der Waals surface area (Å²) in [6.45, 7) is 5.99. The number of carbonyl (C=O) groups excluding carboxylic acids is 1. The van der Waals surface area contributed by atoms with Crippen molar-refractivity contribution >= 4 is 17.7 Å². The van der Waals surface area contributed by atoms with Crippen LogP contribution >= 0.6 is 0 Å². The van der Waals surface area contributed by atoms with Crippen molar-refractivity contribution in [3.8, 4) is 0 Å². The Hall–Kier alpha value is -1.89. The topological polar surface area (TPSA) is 61.8 Å². The van der Waals surface area contributed by atoms with E-state index < -0.39 is 0 Å². The van der Waals surface area contributed by atoms with Gasteiger partial charge >= 0.3 is 0 Å². The Balaban J connectivity index is 1.60. The summed E-state index contributed by atoms with van der Waals surface area (Å²) in [6.07, 6.45) is 4.73. The summed E-state index contributed by atoms with van der Waals surface area (Å²) in [5.41, 5.74) is 0. The number of hydrogen-bond donors (Lipinski definition) is 0. The first-order valence-electron chi connectivity index (χ1n) is 9.26. The molecule has 0 radical (unpaired) electrons. The van der Waals surface area contributed by atoms with Crippen molar-refractivity contribution in [1.82, 2.24) is 14.9 Å². The number of anilines is 2. The second-order valence-electron chi connectivity index (χ2n) is 6.99. The minimum Gasteiger partial charge on any atom is -0.377 e. The molecule has 0 bridgehead atoms. The minimum absolute atomic E-state index is 0.0321. The van der Waals surface area contributed by atoms with Crippen molar-refractivity contribution in [1.29, 1.82) is 0 Å². The van der Waals surface area contributed by atoms with E-state index in [1.165, 1.54) is 0 Å². The average Bonchev–Trinajstić information content (AvgIpc) is 2.67. The number of piperazine rings is 1. The number of aromatic nitrogens is 2. The van der Waals surface area contributed by atoms with Crippen LogP contribution in [-0.4, -0.2) is 73.8 Å². The van der Waals surface area contributed by atoms with Gasteiger partial charge in [0.15, 0.2) is 0 Å². The quantitative estimate of drug-likeness (QED) is 0.820. The van der Waals surface area contributed by atoms with Crippen LogP contribution in [-0.2, 0) is 9.53 Å². The van der Waals surface area contributed by atoms with Crippen LogP contribution in [0.1, 0.15) is 26.2 Å². The normalized spacial score (nSPS) is 24.3. The highest BCUT2D eigenvalue weighted by Crippen LogP contribution is 2.26. The maximum atomic E-state index is 12.9. The highest BCUT2D eigenvalue weighted by atomic mass is 16.5. The number of ether oxygens (including phenoxy) is 1. The van der Waals surface area contributed by atoms with E-state index in [-0.39, 0.29) is 17.9 Å². The second kappa shape index (κ2) is 7.99. The lowest BCUT2D eigenvalue weighted by Crippen LogP contribution is -2.52. The number of rotatable bonds is 4. The van der Waals surface area contributed by atoms with E-state index >= 15 is 0 Å². The molecule has 0 unspecified atom stereocenters. The zero-order chi connectivity index (χ0) is 17.8. The Labute approximate surface area is 150 Å². The van der Waals surface area contributed by atoms with Crippen LogP contribution in [0, 0.1) is 5.92 Å². The van der Waals surface area contributed by atoms with Crippen molar-refractivity contribution in [3.05, 3.63) is 12.3 Å². The van der Waals surface area contributed by atoms with Crippen molar-refractivity contribution in [3.63, 3.8) is 0 Å². The lowest BCUT2D eigenvalue weighted by atomic mass is 9.91. The van der Waals surface area contributed by atoms with Gasteiger partial charge in [0.25, 0.3) is 0 Å². The minimum atomic E-state index is 0.0321. The molecule has 7 heteroatoms. The Kier molecular flexibility index (Phi) is 5.73. The third-order valence-corrected chi connectivity index (χ3v) is 5.10. The van der Waals surface area contributed by atoms with Gasteiger partial charge in [-0.1, -0.05) is 6.92 Å². The third-order valence-electron chi connectivity index (χ3n) is 5.10. The van der Waals surface area contributed by atoms with Gasteiger partial charge in [-0.15, -0.1) is 0 Å². The largest absolute Gasteiger partial charge is 0.377 e. The smallest absolute Gasteiger partial charge is 0.228 e. The first-order chi connectivity index (χ1) is 12.1. The summed E-state index contributed by atoms with van der Waals surface area (Å²) in [4.78, 5) is 27.9. The first-order valence-corrected chi connectivity index (χ1v) is 9.26. The van der Waals surface area contributed by atoms with Crippen LogP contribution in [0.5, 0.6) is 0 Å². The maximum absolute atomic E-state index is 12.9. The van der Waals surface area contributed by atoms with Crippen molar-refractivity contribution < 1.29 is 9.53 Å². The van der Waals surface area contributed by atoms with E-state index in [4.69, 9.17) is 4.74 Å². The highest BCUT2D eigenvalue weighted by Gasteiger charge is 2.34. The first kappa shape index (κ1) is 17.9. The predicted octanol–water partition coefficient (Wildman–Crippen LogP) is 1.40. The van der Waals surface area contributed by atoms with Gasteiger partial charge in [-0.2, -0.15) is 4.98 Å². The molecule has 3 heterocycles. The SMILES string of the molecule is CC[C@@H]1OCCC[C@H]1C(=O)N1CCN(c2ccnc(N(C)C)n2)CC1. The van der Waals surface area contributed by atoms with Gasteiger partial charge < -0.3 is 19.4 Å². The van der Waals surface area contributed by atoms with E-state index in [1.807, 2.05) is 30.0 Å². The third kappa shape index (κ3) is 4.03. The molecule has 1 aromatic heterocycles. The summed E-state index contributed by atoms with van der Waals surface area (Å²) >= 11 is 0. The zero-order valence-electron chi connectivity index (χ0n) is 15.5. The second-order valence-corrected chi connectivity index (χ2v) is 6.99. The number of carbonyl (C=O) groups is 1. The van der Waals surface area contributed by atoms with Crippen molar-refractivity contribution in [2.75, 3.05) is 56.7 Å². The molecule has 2 saturated heterocycles. The number of hydrogen-bond acceptors (Lipinski definition) is 6. The molecule has 3 rings (SSSR count). The monoisotopic (exact) mass is 347 g/mol. The Morgan fingerprint density at radius 2 is 2.08 bits per heavy atom.